The van der Waals surface area contributed by atoms with Crippen LogP contribution in [0.3, 0.4) is 0 Å². The summed E-state index contributed by atoms with van der Waals surface area (Å²) in [6.07, 6.45) is 2.65. The molecule has 1 fully saturated rings. The van der Waals surface area contributed by atoms with Gasteiger partial charge in [-0.1, -0.05) is 37.3 Å². The lowest BCUT2D eigenvalue weighted by molar-refractivity contribution is -0.120. The number of nitrogens with one attached hydrogen (secondary N) is 1. The Hall–Kier alpha value is -1.00. The number of hydrogen-bond acceptors (Lipinski definition) is 3. The van der Waals surface area contributed by atoms with Crippen LogP contribution in [-0.2, 0) is 10.5 Å². The summed E-state index contributed by atoms with van der Waals surface area (Å²) in [5, 5.41) is 3.07. The third-order valence-electron chi connectivity index (χ3n) is 3.88. The van der Waals surface area contributed by atoms with Crippen molar-refractivity contribution in [3.05, 3.63) is 35.9 Å². The van der Waals surface area contributed by atoms with Crippen LogP contribution in [0.2, 0.25) is 0 Å². The van der Waals surface area contributed by atoms with Gasteiger partial charge in [-0.3, -0.25) is 9.69 Å². The van der Waals surface area contributed by atoms with E-state index < -0.39 is 0 Å². The van der Waals surface area contributed by atoms with Crippen LogP contribution in [0, 0.1) is 0 Å². The second kappa shape index (κ2) is 8.44. The third-order valence-corrected chi connectivity index (χ3v) is 5.09. The van der Waals surface area contributed by atoms with Gasteiger partial charge in [-0.25, -0.2) is 0 Å². The highest BCUT2D eigenvalue weighted by atomic mass is 32.2. The molecule has 4 heteroatoms. The number of carbonyl (C=O) groups is 1. The van der Waals surface area contributed by atoms with Gasteiger partial charge in [-0.2, -0.15) is 0 Å². The molecule has 1 saturated carbocycles. The molecular weight excluding hydrogens is 280 g/mol. The van der Waals surface area contributed by atoms with Gasteiger partial charge >= 0.3 is 0 Å². The summed E-state index contributed by atoms with van der Waals surface area (Å²) >= 11 is 1.70. The number of amides is 1. The molecular formula is C17H26N2OS. The summed E-state index contributed by atoms with van der Waals surface area (Å²) in [5.41, 5.74) is 1.27. The van der Waals surface area contributed by atoms with Gasteiger partial charge in [0, 0.05) is 24.9 Å². The predicted molar refractivity (Wildman–Crippen MR) is 90.5 cm³/mol. The largest absolute Gasteiger partial charge is 0.354 e. The molecule has 0 heterocycles. The van der Waals surface area contributed by atoms with E-state index in [2.05, 4.69) is 29.3 Å². The van der Waals surface area contributed by atoms with E-state index in [0.29, 0.717) is 0 Å². The molecule has 0 spiro atoms. The Bertz CT molecular complexity index is 434. The molecule has 0 aliphatic heterocycles. The van der Waals surface area contributed by atoms with Crippen molar-refractivity contribution in [1.29, 1.82) is 0 Å². The van der Waals surface area contributed by atoms with E-state index in [4.69, 9.17) is 0 Å². The lowest BCUT2D eigenvalue weighted by Crippen LogP contribution is -2.38. The third kappa shape index (κ3) is 5.71. The maximum atomic E-state index is 12.1. The first kappa shape index (κ1) is 16.4. The monoisotopic (exact) mass is 306 g/mol. The van der Waals surface area contributed by atoms with Gasteiger partial charge in [0.1, 0.15) is 0 Å². The van der Waals surface area contributed by atoms with Crippen LogP contribution in [0.1, 0.15) is 32.3 Å². The second-order valence-electron chi connectivity index (χ2n) is 5.59. The molecule has 1 aliphatic carbocycles. The highest BCUT2D eigenvalue weighted by molar-refractivity contribution is 7.99. The van der Waals surface area contributed by atoms with Crippen LogP contribution < -0.4 is 5.32 Å². The smallest absolute Gasteiger partial charge is 0.232 e. The molecule has 1 N–H and O–H groups in total. The molecule has 0 saturated heterocycles. The molecule has 21 heavy (non-hydrogen) atoms. The van der Waals surface area contributed by atoms with Crippen LogP contribution in [0.25, 0.3) is 0 Å². The van der Waals surface area contributed by atoms with Crippen LogP contribution >= 0.6 is 11.8 Å². The Morgan fingerprint density at radius 2 is 2.10 bits per heavy atom. The number of hydrogen-bond donors (Lipinski definition) is 1. The Labute approximate surface area is 132 Å². The summed E-state index contributed by atoms with van der Waals surface area (Å²) < 4.78 is 0. The van der Waals surface area contributed by atoms with E-state index in [0.717, 1.165) is 31.4 Å². The normalized spacial score (nSPS) is 16.0. The Kier molecular flexibility index (Phi) is 6.58. The maximum Gasteiger partial charge on any atom is 0.232 e. The zero-order chi connectivity index (χ0) is 15.1. The van der Waals surface area contributed by atoms with Crippen molar-refractivity contribution < 1.29 is 4.79 Å². The zero-order valence-corrected chi connectivity index (χ0v) is 13.9. The van der Waals surface area contributed by atoms with E-state index in [1.54, 1.807) is 11.8 Å². The van der Waals surface area contributed by atoms with Crippen molar-refractivity contribution in [2.24, 2.45) is 0 Å². The van der Waals surface area contributed by atoms with E-state index in [1.165, 1.54) is 18.4 Å². The first-order valence-electron chi connectivity index (χ1n) is 7.88. The molecule has 0 aromatic heterocycles. The number of likely N-dealkylation sites (N-methyl/N-ethyl adjacent to an activating group) is 1. The van der Waals surface area contributed by atoms with Crippen molar-refractivity contribution in [2.45, 2.75) is 43.7 Å². The van der Waals surface area contributed by atoms with Gasteiger partial charge < -0.3 is 5.32 Å². The maximum absolute atomic E-state index is 12.1. The van der Waals surface area contributed by atoms with Crippen LogP contribution in [0.4, 0.5) is 0 Å². The highest BCUT2D eigenvalue weighted by Crippen LogP contribution is 2.25. The fourth-order valence-electron chi connectivity index (χ4n) is 2.38. The van der Waals surface area contributed by atoms with Crippen LogP contribution in [-0.4, -0.2) is 41.7 Å². The molecule has 1 aromatic carbocycles. The SMILES string of the molecule is CCN(CCNC(=O)[C@@H](C)SCc1ccccc1)C1CC1. The number of rotatable bonds is 9. The van der Waals surface area contributed by atoms with Gasteiger partial charge in [0.2, 0.25) is 5.91 Å². The van der Waals surface area contributed by atoms with Crippen LogP contribution in [0.5, 0.6) is 0 Å². The zero-order valence-electron chi connectivity index (χ0n) is 13.0. The molecule has 1 atom stereocenters. The Morgan fingerprint density at radius 3 is 2.71 bits per heavy atom. The molecule has 116 valence electrons. The average molecular weight is 306 g/mol. The van der Waals surface area contributed by atoms with Gasteiger partial charge in [0.05, 0.1) is 5.25 Å². The fourth-order valence-corrected chi connectivity index (χ4v) is 3.25. The first-order chi connectivity index (χ1) is 10.2. The molecule has 0 bridgehead atoms. The number of thioether (sulfide) groups is 1. The lowest BCUT2D eigenvalue weighted by atomic mass is 10.2. The average Bonchev–Trinajstić information content (AvgIpc) is 3.34. The summed E-state index contributed by atoms with van der Waals surface area (Å²) in [6, 6.07) is 11.1. The van der Waals surface area contributed by atoms with Crippen molar-refractivity contribution >= 4 is 17.7 Å². The molecule has 1 aromatic rings. The summed E-state index contributed by atoms with van der Waals surface area (Å²) in [4.78, 5) is 14.5. The quantitative estimate of drug-likeness (QED) is 0.761. The van der Waals surface area contributed by atoms with Crippen molar-refractivity contribution in [2.75, 3.05) is 19.6 Å². The molecule has 3 nitrogen and oxygen atoms in total. The molecule has 2 rings (SSSR count). The summed E-state index contributed by atoms with van der Waals surface area (Å²) in [5.74, 6) is 1.04. The topological polar surface area (TPSA) is 32.3 Å². The lowest BCUT2D eigenvalue weighted by Gasteiger charge is -2.20. The van der Waals surface area contributed by atoms with Gasteiger partial charge in [-0.15, -0.1) is 11.8 Å². The fraction of sp³-hybridized carbons (Fsp3) is 0.588. The van der Waals surface area contributed by atoms with E-state index in [9.17, 15) is 4.79 Å². The predicted octanol–water partition coefficient (Wildman–Crippen LogP) is 2.91. The minimum atomic E-state index is 0.00112. The number of carbonyl (C=O) groups excluding carboxylic acids is 1. The van der Waals surface area contributed by atoms with Gasteiger partial charge in [0.15, 0.2) is 0 Å². The van der Waals surface area contributed by atoms with Gasteiger partial charge in [0.25, 0.3) is 0 Å². The second-order valence-corrected chi connectivity index (χ2v) is 6.92. The molecule has 1 aliphatic rings. The van der Waals surface area contributed by atoms with E-state index >= 15 is 0 Å². The minimum Gasteiger partial charge on any atom is -0.354 e. The number of benzene rings is 1. The van der Waals surface area contributed by atoms with E-state index in [-0.39, 0.29) is 11.2 Å². The van der Waals surface area contributed by atoms with Crippen molar-refractivity contribution in [1.82, 2.24) is 10.2 Å². The molecule has 0 unspecified atom stereocenters. The number of nitrogens with zero attached hydrogens (tertiary/aromatic N) is 1. The van der Waals surface area contributed by atoms with E-state index in [1.807, 2.05) is 25.1 Å². The van der Waals surface area contributed by atoms with Crippen LogP contribution in [0.15, 0.2) is 30.3 Å². The van der Waals surface area contributed by atoms with Gasteiger partial charge in [-0.05, 0) is 31.9 Å². The summed E-state index contributed by atoms with van der Waals surface area (Å²) in [7, 11) is 0. The standard InChI is InChI=1S/C17H26N2OS/c1-3-19(16-9-10-16)12-11-18-17(20)14(2)21-13-15-7-5-4-6-8-15/h4-8,14,16H,3,9-13H2,1-2H3,(H,18,20)/t14-/m1/s1. The molecule has 1 amide bonds. The minimum absolute atomic E-state index is 0.00112. The first-order valence-corrected chi connectivity index (χ1v) is 8.93. The Balaban J connectivity index is 1.63. The molecule has 0 radical (unpaired) electrons. The van der Waals surface area contributed by atoms with Crippen molar-refractivity contribution in [3.8, 4) is 0 Å². The highest BCUT2D eigenvalue weighted by Gasteiger charge is 2.27. The Morgan fingerprint density at radius 1 is 1.38 bits per heavy atom. The van der Waals surface area contributed by atoms with Crippen molar-refractivity contribution in [3.63, 3.8) is 0 Å². The summed E-state index contributed by atoms with van der Waals surface area (Å²) in [6.45, 7) is 7.00.